The number of methoxy groups -OCH3 is 1. The van der Waals surface area contributed by atoms with Crippen molar-refractivity contribution in [3.8, 4) is 11.4 Å². The first-order valence-corrected chi connectivity index (χ1v) is 6.49. The van der Waals surface area contributed by atoms with Crippen molar-refractivity contribution in [1.29, 1.82) is 0 Å². The van der Waals surface area contributed by atoms with Crippen LogP contribution < -0.4 is 10.5 Å². The molecule has 0 aliphatic heterocycles. The van der Waals surface area contributed by atoms with Crippen LogP contribution in [0.2, 0.25) is 0 Å². The zero-order chi connectivity index (χ0) is 14.3. The Labute approximate surface area is 116 Å². The largest absolute Gasteiger partial charge is 0.497 e. The summed E-state index contributed by atoms with van der Waals surface area (Å²) in [6, 6.07) is 5.72. The molecule has 3 rings (SSSR count). The molecule has 104 valence electrons. The van der Waals surface area contributed by atoms with Gasteiger partial charge in [0.15, 0.2) is 0 Å². The van der Waals surface area contributed by atoms with Gasteiger partial charge in [-0.15, -0.1) is 0 Å². The fourth-order valence-electron chi connectivity index (χ4n) is 2.41. The molecule has 2 N–H and O–H groups in total. The van der Waals surface area contributed by atoms with E-state index in [0.29, 0.717) is 5.95 Å². The number of rotatable bonds is 3. The van der Waals surface area contributed by atoms with Crippen LogP contribution >= 0.6 is 0 Å². The number of fused-ring (bicyclic) bond motifs is 1. The van der Waals surface area contributed by atoms with Crippen molar-refractivity contribution in [2.75, 3.05) is 12.8 Å². The summed E-state index contributed by atoms with van der Waals surface area (Å²) in [6.45, 7) is 2.07. The highest BCUT2D eigenvalue weighted by molar-refractivity contribution is 5.82. The van der Waals surface area contributed by atoms with E-state index in [2.05, 4.69) is 17.0 Å². The summed E-state index contributed by atoms with van der Waals surface area (Å²) in [5.41, 5.74) is 9.80. The maximum absolute atomic E-state index is 6.08. The van der Waals surface area contributed by atoms with Crippen molar-refractivity contribution in [3.63, 3.8) is 0 Å². The van der Waals surface area contributed by atoms with Gasteiger partial charge in [-0.3, -0.25) is 9.25 Å². The molecule has 0 bridgehead atoms. The molecule has 0 aliphatic rings. The summed E-state index contributed by atoms with van der Waals surface area (Å²) < 4.78 is 8.99. The number of nitrogens with two attached hydrogens (primary N) is 1. The van der Waals surface area contributed by atoms with E-state index >= 15 is 0 Å². The first kappa shape index (κ1) is 12.5. The monoisotopic (exact) mass is 271 g/mol. The Morgan fingerprint density at radius 1 is 1.35 bits per heavy atom. The third-order valence-corrected chi connectivity index (χ3v) is 3.35. The van der Waals surface area contributed by atoms with Crippen molar-refractivity contribution < 1.29 is 4.74 Å². The van der Waals surface area contributed by atoms with Gasteiger partial charge in [0.1, 0.15) is 5.75 Å². The fraction of sp³-hybridized carbons (Fsp3) is 0.286. The Kier molecular flexibility index (Phi) is 2.85. The van der Waals surface area contributed by atoms with Crippen LogP contribution in [0, 0.1) is 0 Å². The van der Waals surface area contributed by atoms with Gasteiger partial charge in [0.05, 0.1) is 29.5 Å². The number of ether oxygens (including phenoxy) is 1. The number of benzene rings is 1. The molecule has 2 aromatic heterocycles. The normalized spacial score (nSPS) is 11.2. The molecule has 20 heavy (non-hydrogen) atoms. The van der Waals surface area contributed by atoms with Gasteiger partial charge in [-0.2, -0.15) is 5.10 Å². The van der Waals surface area contributed by atoms with E-state index in [1.165, 1.54) is 0 Å². The van der Waals surface area contributed by atoms with Crippen LogP contribution in [0.25, 0.3) is 16.7 Å². The molecular weight excluding hydrogens is 254 g/mol. The van der Waals surface area contributed by atoms with Crippen molar-refractivity contribution in [3.05, 3.63) is 30.1 Å². The smallest absolute Gasteiger partial charge is 0.206 e. The average molecular weight is 271 g/mol. The SMILES string of the molecule is CCc1nn(C)cc1-n1c(N)nc2ccc(OC)cc21. The molecule has 0 atom stereocenters. The lowest BCUT2D eigenvalue weighted by Gasteiger charge is -2.06. The lowest BCUT2D eigenvalue weighted by atomic mass is 10.2. The van der Waals surface area contributed by atoms with Crippen molar-refractivity contribution in [1.82, 2.24) is 19.3 Å². The highest BCUT2D eigenvalue weighted by Gasteiger charge is 2.15. The predicted molar refractivity (Wildman–Crippen MR) is 78.2 cm³/mol. The van der Waals surface area contributed by atoms with E-state index in [4.69, 9.17) is 10.5 Å². The fourth-order valence-corrected chi connectivity index (χ4v) is 2.41. The van der Waals surface area contributed by atoms with Crippen LogP contribution in [-0.4, -0.2) is 26.4 Å². The molecule has 0 aliphatic carbocycles. The predicted octanol–water partition coefficient (Wildman–Crippen LogP) is 1.91. The molecule has 6 heteroatoms. The molecule has 0 radical (unpaired) electrons. The number of nitrogens with zero attached hydrogens (tertiary/aromatic N) is 4. The second-order valence-electron chi connectivity index (χ2n) is 4.65. The molecule has 0 amide bonds. The zero-order valence-corrected chi connectivity index (χ0v) is 11.8. The Balaban J connectivity index is 2.31. The van der Waals surface area contributed by atoms with Gasteiger partial charge >= 0.3 is 0 Å². The molecule has 0 fully saturated rings. The molecule has 0 saturated heterocycles. The Hall–Kier alpha value is -2.50. The highest BCUT2D eigenvalue weighted by atomic mass is 16.5. The summed E-state index contributed by atoms with van der Waals surface area (Å²) in [6.07, 6.45) is 2.79. The van der Waals surface area contributed by atoms with Gasteiger partial charge in [-0.25, -0.2) is 4.98 Å². The van der Waals surface area contributed by atoms with Gasteiger partial charge in [0.25, 0.3) is 0 Å². The Bertz CT molecular complexity index is 771. The first-order chi connectivity index (χ1) is 9.63. The zero-order valence-electron chi connectivity index (χ0n) is 11.8. The van der Waals surface area contributed by atoms with Crippen molar-refractivity contribution in [2.24, 2.45) is 7.05 Å². The number of aromatic nitrogens is 4. The maximum Gasteiger partial charge on any atom is 0.206 e. The quantitative estimate of drug-likeness (QED) is 0.790. The minimum atomic E-state index is 0.455. The lowest BCUT2D eigenvalue weighted by Crippen LogP contribution is -2.02. The highest BCUT2D eigenvalue weighted by Crippen LogP contribution is 2.27. The molecule has 0 saturated carbocycles. The minimum absolute atomic E-state index is 0.455. The number of imidazole rings is 1. The van der Waals surface area contributed by atoms with Gasteiger partial charge in [-0.05, 0) is 18.6 Å². The summed E-state index contributed by atoms with van der Waals surface area (Å²) >= 11 is 0. The molecule has 1 aromatic carbocycles. The lowest BCUT2D eigenvalue weighted by molar-refractivity contribution is 0.415. The summed E-state index contributed by atoms with van der Waals surface area (Å²) in [5.74, 6) is 1.23. The third kappa shape index (κ3) is 1.80. The molecule has 3 aromatic rings. The van der Waals surface area contributed by atoms with Crippen LogP contribution in [0.3, 0.4) is 0 Å². The molecule has 2 heterocycles. The molecule has 0 unspecified atom stereocenters. The summed E-state index contributed by atoms with van der Waals surface area (Å²) in [4.78, 5) is 4.40. The topological polar surface area (TPSA) is 70.9 Å². The van der Waals surface area contributed by atoms with Gasteiger partial charge in [0, 0.05) is 19.3 Å². The van der Waals surface area contributed by atoms with Crippen LogP contribution in [0.15, 0.2) is 24.4 Å². The van der Waals surface area contributed by atoms with Crippen molar-refractivity contribution >= 4 is 17.0 Å². The number of hydrogen-bond donors (Lipinski definition) is 1. The number of nitrogen functional groups attached to an aromatic ring is 1. The maximum atomic E-state index is 6.08. The second kappa shape index (κ2) is 4.56. The molecular formula is C14H17N5O. The van der Waals surface area contributed by atoms with Crippen molar-refractivity contribution in [2.45, 2.75) is 13.3 Å². The van der Waals surface area contributed by atoms with Gasteiger partial charge < -0.3 is 10.5 Å². The van der Waals surface area contributed by atoms with E-state index in [-0.39, 0.29) is 0 Å². The van der Waals surface area contributed by atoms with E-state index in [1.807, 2.05) is 36.0 Å². The van der Waals surface area contributed by atoms with Crippen LogP contribution in [0.1, 0.15) is 12.6 Å². The standard InChI is InChI=1S/C14H17N5O/c1-4-10-13(8-18(2)17-10)19-12-7-9(20-3)5-6-11(12)16-14(19)15/h5-8H,4H2,1-3H3,(H2,15,16). The first-order valence-electron chi connectivity index (χ1n) is 6.49. The van der Waals surface area contributed by atoms with E-state index in [1.54, 1.807) is 11.8 Å². The van der Waals surface area contributed by atoms with Gasteiger partial charge in [-0.1, -0.05) is 6.92 Å². The van der Waals surface area contributed by atoms with E-state index in [0.717, 1.165) is 34.6 Å². The van der Waals surface area contributed by atoms with Gasteiger partial charge in [0.2, 0.25) is 5.95 Å². The number of anilines is 1. The van der Waals surface area contributed by atoms with E-state index < -0.39 is 0 Å². The molecule has 0 spiro atoms. The van der Waals surface area contributed by atoms with E-state index in [9.17, 15) is 0 Å². The Morgan fingerprint density at radius 3 is 2.85 bits per heavy atom. The van der Waals surface area contributed by atoms with Crippen LogP contribution in [0.4, 0.5) is 5.95 Å². The van der Waals surface area contributed by atoms with Crippen LogP contribution in [0.5, 0.6) is 5.75 Å². The second-order valence-corrected chi connectivity index (χ2v) is 4.65. The van der Waals surface area contributed by atoms with Crippen LogP contribution in [-0.2, 0) is 13.5 Å². The Morgan fingerprint density at radius 2 is 2.15 bits per heavy atom. The minimum Gasteiger partial charge on any atom is -0.497 e. The number of aryl methyl sites for hydroxylation is 2. The summed E-state index contributed by atoms with van der Waals surface area (Å²) in [7, 11) is 3.55. The molecule has 6 nitrogen and oxygen atoms in total. The summed E-state index contributed by atoms with van der Waals surface area (Å²) in [5, 5.41) is 4.46. The average Bonchev–Trinajstić information content (AvgIpc) is 2.96. The third-order valence-electron chi connectivity index (χ3n) is 3.35. The number of hydrogen-bond acceptors (Lipinski definition) is 4.